The molecular formula is C16H15ClO2. The van der Waals surface area contributed by atoms with Crippen molar-refractivity contribution in [2.75, 3.05) is 6.61 Å². The largest absolute Gasteiger partial charge is 0.484 e. The van der Waals surface area contributed by atoms with E-state index in [1.54, 1.807) is 12.1 Å². The van der Waals surface area contributed by atoms with Gasteiger partial charge in [-0.2, -0.15) is 0 Å². The third kappa shape index (κ3) is 3.58. The van der Waals surface area contributed by atoms with Gasteiger partial charge in [-0.1, -0.05) is 41.4 Å². The molecule has 2 rings (SSSR count). The molecule has 0 saturated carbocycles. The first-order valence-electron chi connectivity index (χ1n) is 6.05. The Morgan fingerprint density at radius 3 is 2.53 bits per heavy atom. The van der Waals surface area contributed by atoms with Crippen LogP contribution in [-0.4, -0.2) is 12.4 Å². The maximum absolute atomic E-state index is 12.0. The van der Waals surface area contributed by atoms with E-state index in [0.29, 0.717) is 16.3 Å². The van der Waals surface area contributed by atoms with E-state index in [2.05, 4.69) is 0 Å². The first-order chi connectivity index (χ1) is 9.06. The average molecular weight is 275 g/mol. The quantitative estimate of drug-likeness (QED) is 0.781. The van der Waals surface area contributed by atoms with Crippen LogP contribution in [0.25, 0.3) is 0 Å². The van der Waals surface area contributed by atoms with Crippen molar-refractivity contribution in [1.29, 1.82) is 0 Å². The fraction of sp³-hybridized carbons (Fsp3) is 0.188. The summed E-state index contributed by atoms with van der Waals surface area (Å²) in [7, 11) is 0. The molecule has 0 N–H and O–H groups in total. The number of carbonyl (C=O) groups excluding carboxylic acids is 1. The van der Waals surface area contributed by atoms with Crippen molar-refractivity contribution in [3.63, 3.8) is 0 Å². The van der Waals surface area contributed by atoms with Crippen molar-refractivity contribution in [3.8, 4) is 5.75 Å². The SMILES string of the molecule is Cc1cccc(C(=O)COc2ccc(C)cc2Cl)c1. The lowest BCUT2D eigenvalue weighted by molar-refractivity contribution is 0.0921. The Kier molecular flexibility index (Phi) is 4.23. The van der Waals surface area contributed by atoms with Gasteiger partial charge in [-0.05, 0) is 37.6 Å². The minimum atomic E-state index is -0.0552. The third-order valence-electron chi connectivity index (χ3n) is 2.79. The molecule has 0 fully saturated rings. The molecular weight excluding hydrogens is 260 g/mol. The number of Topliss-reactive ketones (excluding diaryl/α,β-unsaturated/α-hetero) is 1. The zero-order chi connectivity index (χ0) is 13.8. The number of halogens is 1. The molecule has 0 saturated heterocycles. The fourth-order valence-corrected chi connectivity index (χ4v) is 2.06. The Bertz CT molecular complexity index is 605. The lowest BCUT2D eigenvalue weighted by atomic mass is 10.1. The van der Waals surface area contributed by atoms with E-state index < -0.39 is 0 Å². The second kappa shape index (κ2) is 5.89. The van der Waals surface area contributed by atoms with Gasteiger partial charge in [0.05, 0.1) is 5.02 Å². The summed E-state index contributed by atoms with van der Waals surface area (Å²) in [6.45, 7) is 3.90. The minimum absolute atomic E-state index is 0.00770. The molecule has 19 heavy (non-hydrogen) atoms. The van der Waals surface area contributed by atoms with Crippen LogP contribution in [-0.2, 0) is 0 Å². The van der Waals surface area contributed by atoms with Gasteiger partial charge in [-0.25, -0.2) is 0 Å². The highest BCUT2D eigenvalue weighted by Gasteiger charge is 2.08. The van der Waals surface area contributed by atoms with E-state index in [1.165, 1.54) is 0 Å². The molecule has 2 aromatic rings. The number of rotatable bonds is 4. The predicted molar refractivity (Wildman–Crippen MR) is 77.2 cm³/mol. The lowest BCUT2D eigenvalue weighted by Crippen LogP contribution is -2.11. The second-order valence-electron chi connectivity index (χ2n) is 4.52. The van der Waals surface area contributed by atoms with Crippen molar-refractivity contribution >= 4 is 17.4 Å². The van der Waals surface area contributed by atoms with Crippen molar-refractivity contribution in [1.82, 2.24) is 0 Å². The van der Waals surface area contributed by atoms with Crippen LogP contribution in [0.4, 0.5) is 0 Å². The molecule has 0 aliphatic rings. The molecule has 0 atom stereocenters. The topological polar surface area (TPSA) is 26.3 Å². The number of benzene rings is 2. The standard InChI is InChI=1S/C16H15ClO2/c1-11-4-3-5-13(8-11)15(18)10-19-16-7-6-12(2)9-14(16)17/h3-9H,10H2,1-2H3. The van der Waals surface area contributed by atoms with Gasteiger partial charge in [0.15, 0.2) is 12.4 Å². The fourth-order valence-electron chi connectivity index (χ4n) is 1.77. The van der Waals surface area contributed by atoms with Gasteiger partial charge in [0.25, 0.3) is 0 Å². The second-order valence-corrected chi connectivity index (χ2v) is 4.92. The Morgan fingerprint density at radius 2 is 1.84 bits per heavy atom. The van der Waals surface area contributed by atoms with Crippen molar-refractivity contribution in [2.24, 2.45) is 0 Å². The van der Waals surface area contributed by atoms with Crippen molar-refractivity contribution < 1.29 is 9.53 Å². The van der Waals surface area contributed by atoms with Gasteiger partial charge in [0, 0.05) is 5.56 Å². The number of hydrogen-bond acceptors (Lipinski definition) is 2. The molecule has 3 heteroatoms. The summed E-state index contributed by atoms with van der Waals surface area (Å²) < 4.78 is 5.47. The van der Waals surface area contributed by atoms with Gasteiger partial charge in [-0.15, -0.1) is 0 Å². The van der Waals surface area contributed by atoms with E-state index in [1.807, 2.05) is 44.2 Å². The predicted octanol–water partition coefficient (Wildman–Crippen LogP) is 4.22. The number of carbonyl (C=O) groups is 1. The van der Waals surface area contributed by atoms with Crippen LogP contribution in [0.5, 0.6) is 5.75 Å². The number of hydrogen-bond donors (Lipinski definition) is 0. The maximum atomic E-state index is 12.0. The number of aryl methyl sites for hydroxylation is 2. The minimum Gasteiger partial charge on any atom is -0.484 e. The van der Waals surface area contributed by atoms with E-state index in [-0.39, 0.29) is 12.4 Å². The molecule has 0 aliphatic heterocycles. The number of ether oxygens (including phenoxy) is 1. The molecule has 0 heterocycles. The van der Waals surface area contributed by atoms with Crippen LogP contribution in [0.3, 0.4) is 0 Å². The molecule has 0 amide bonds. The summed E-state index contributed by atoms with van der Waals surface area (Å²) >= 11 is 6.05. The summed E-state index contributed by atoms with van der Waals surface area (Å²) in [5.41, 5.74) is 2.77. The van der Waals surface area contributed by atoms with Crippen LogP contribution in [0.15, 0.2) is 42.5 Å². The van der Waals surface area contributed by atoms with Crippen LogP contribution in [0, 0.1) is 13.8 Å². The van der Waals surface area contributed by atoms with Crippen LogP contribution >= 0.6 is 11.6 Å². The van der Waals surface area contributed by atoms with E-state index in [9.17, 15) is 4.79 Å². The zero-order valence-corrected chi connectivity index (χ0v) is 11.7. The molecule has 0 bridgehead atoms. The highest BCUT2D eigenvalue weighted by molar-refractivity contribution is 6.32. The lowest BCUT2D eigenvalue weighted by Gasteiger charge is -2.08. The summed E-state index contributed by atoms with van der Waals surface area (Å²) in [6.07, 6.45) is 0. The normalized spacial score (nSPS) is 10.3. The van der Waals surface area contributed by atoms with Gasteiger partial charge < -0.3 is 4.74 Å². The van der Waals surface area contributed by atoms with Crippen molar-refractivity contribution in [3.05, 3.63) is 64.2 Å². The zero-order valence-electron chi connectivity index (χ0n) is 10.9. The molecule has 0 spiro atoms. The first kappa shape index (κ1) is 13.6. The van der Waals surface area contributed by atoms with Crippen LogP contribution in [0.2, 0.25) is 5.02 Å². The Morgan fingerprint density at radius 1 is 1.11 bits per heavy atom. The average Bonchev–Trinajstić information content (AvgIpc) is 2.37. The summed E-state index contributed by atoms with van der Waals surface area (Å²) in [4.78, 5) is 12.0. The third-order valence-corrected chi connectivity index (χ3v) is 3.08. The molecule has 2 aromatic carbocycles. The van der Waals surface area contributed by atoms with Gasteiger partial charge >= 0.3 is 0 Å². The molecule has 0 aliphatic carbocycles. The van der Waals surface area contributed by atoms with E-state index in [4.69, 9.17) is 16.3 Å². The summed E-state index contributed by atoms with van der Waals surface area (Å²) in [6, 6.07) is 12.9. The molecule has 98 valence electrons. The molecule has 0 aromatic heterocycles. The molecule has 0 unspecified atom stereocenters. The molecule has 0 radical (unpaired) electrons. The van der Waals surface area contributed by atoms with E-state index in [0.717, 1.165) is 11.1 Å². The van der Waals surface area contributed by atoms with Gasteiger partial charge in [0.2, 0.25) is 0 Å². The van der Waals surface area contributed by atoms with Gasteiger partial charge in [0.1, 0.15) is 5.75 Å². The number of ketones is 1. The van der Waals surface area contributed by atoms with Crippen LogP contribution in [0.1, 0.15) is 21.5 Å². The maximum Gasteiger partial charge on any atom is 0.200 e. The Hall–Kier alpha value is -1.80. The van der Waals surface area contributed by atoms with E-state index >= 15 is 0 Å². The smallest absolute Gasteiger partial charge is 0.200 e. The summed E-state index contributed by atoms with van der Waals surface area (Å²) in [5.74, 6) is 0.480. The Balaban J connectivity index is 2.04. The molecule has 2 nitrogen and oxygen atoms in total. The monoisotopic (exact) mass is 274 g/mol. The summed E-state index contributed by atoms with van der Waals surface area (Å²) in [5, 5.41) is 0.525. The highest BCUT2D eigenvalue weighted by atomic mass is 35.5. The van der Waals surface area contributed by atoms with Crippen LogP contribution < -0.4 is 4.74 Å². The van der Waals surface area contributed by atoms with Crippen molar-refractivity contribution in [2.45, 2.75) is 13.8 Å². The van der Waals surface area contributed by atoms with Gasteiger partial charge in [-0.3, -0.25) is 4.79 Å². The highest BCUT2D eigenvalue weighted by Crippen LogP contribution is 2.25. The first-order valence-corrected chi connectivity index (χ1v) is 6.43. The Labute approximate surface area is 118 Å².